The molecule has 1 aliphatic rings. The van der Waals surface area contributed by atoms with E-state index in [1.54, 1.807) is 21.3 Å². The van der Waals surface area contributed by atoms with E-state index < -0.39 is 8.80 Å². The molecule has 0 N–H and O–H groups in total. The summed E-state index contributed by atoms with van der Waals surface area (Å²) in [5.41, 5.74) is 0. The van der Waals surface area contributed by atoms with Crippen molar-refractivity contribution in [3.63, 3.8) is 0 Å². The highest BCUT2D eigenvalue weighted by molar-refractivity contribution is 6.60. The topological polar surface area (TPSA) is 48.0 Å². The van der Waals surface area contributed by atoms with Crippen LogP contribution in [-0.2, 0) is 18.1 Å². The molecule has 1 aliphatic heterocycles. The van der Waals surface area contributed by atoms with Crippen molar-refractivity contribution < 1.29 is 18.1 Å². The molecule has 0 aromatic heterocycles. The number of carbonyl (C=O) groups excluding carboxylic acids is 1. The van der Waals surface area contributed by atoms with E-state index in [1.807, 2.05) is 4.90 Å². The van der Waals surface area contributed by atoms with Gasteiger partial charge in [-0.05, 0) is 19.3 Å². The van der Waals surface area contributed by atoms with Crippen LogP contribution in [0.1, 0.15) is 25.7 Å². The van der Waals surface area contributed by atoms with Gasteiger partial charge in [0.25, 0.3) is 0 Å². The number of likely N-dealkylation sites (tertiary alicyclic amines) is 1. The van der Waals surface area contributed by atoms with Gasteiger partial charge in [-0.1, -0.05) is 0 Å². The molecule has 1 amide bonds. The van der Waals surface area contributed by atoms with Gasteiger partial charge in [0.15, 0.2) is 0 Å². The molecule has 1 rings (SSSR count). The summed E-state index contributed by atoms with van der Waals surface area (Å²) in [7, 11) is 2.39. The fraction of sp³-hybridized carbons (Fsp3) is 0.909. The number of hydrogen-bond acceptors (Lipinski definition) is 4. The zero-order valence-corrected chi connectivity index (χ0v) is 12.0. The Morgan fingerprint density at radius 2 is 1.82 bits per heavy atom. The zero-order valence-electron chi connectivity index (χ0n) is 11.0. The molecule has 100 valence electrons. The third kappa shape index (κ3) is 4.06. The maximum absolute atomic E-state index is 11.6. The Morgan fingerprint density at radius 1 is 1.18 bits per heavy atom. The molecule has 0 aromatic carbocycles. The molecule has 1 saturated heterocycles. The minimum atomic E-state index is -2.46. The molecular formula is C11H23NO4Si. The molecular weight excluding hydrogens is 238 g/mol. The highest BCUT2D eigenvalue weighted by atomic mass is 28.4. The van der Waals surface area contributed by atoms with Crippen LogP contribution >= 0.6 is 0 Å². The number of amides is 1. The van der Waals surface area contributed by atoms with E-state index in [0.29, 0.717) is 6.42 Å². The summed E-state index contributed by atoms with van der Waals surface area (Å²) >= 11 is 0. The van der Waals surface area contributed by atoms with Crippen LogP contribution in [-0.4, -0.2) is 54.0 Å². The lowest BCUT2D eigenvalue weighted by Crippen LogP contribution is -2.44. The second-order valence-corrected chi connectivity index (χ2v) is 7.33. The van der Waals surface area contributed by atoms with E-state index in [9.17, 15) is 4.79 Å². The van der Waals surface area contributed by atoms with Crippen molar-refractivity contribution in [3.8, 4) is 0 Å². The lowest BCUT2D eigenvalue weighted by atomic mass is 10.1. The van der Waals surface area contributed by atoms with Gasteiger partial charge >= 0.3 is 8.80 Å². The van der Waals surface area contributed by atoms with Crippen molar-refractivity contribution in [2.24, 2.45) is 0 Å². The lowest BCUT2D eigenvalue weighted by molar-refractivity contribution is -0.133. The summed E-state index contributed by atoms with van der Waals surface area (Å²) in [4.78, 5) is 13.5. The zero-order chi connectivity index (χ0) is 12.7. The minimum Gasteiger partial charge on any atom is -0.377 e. The fourth-order valence-electron chi connectivity index (χ4n) is 2.14. The summed E-state index contributed by atoms with van der Waals surface area (Å²) in [6.07, 6.45) is 3.71. The van der Waals surface area contributed by atoms with Gasteiger partial charge in [0.1, 0.15) is 0 Å². The highest BCUT2D eigenvalue weighted by Gasteiger charge is 2.37. The predicted molar refractivity (Wildman–Crippen MR) is 66.6 cm³/mol. The molecule has 17 heavy (non-hydrogen) atoms. The largest absolute Gasteiger partial charge is 0.500 e. The summed E-state index contributed by atoms with van der Waals surface area (Å²) in [5, 5.41) is 0. The molecule has 0 aliphatic carbocycles. The molecule has 1 heterocycles. The molecule has 0 spiro atoms. The fourth-order valence-corrected chi connectivity index (χ4v) is 3.84. The van der Waals surface area contributed by atoms with Crippen LogP contribution in [0.3, 0.4) is 0 Å². The van der Waals surface area contributed by atoms with Crippen molar-refractivity contribution in [3.05, 3.63) is 0 Å². The average molecular weight is 261 g/mol. The second kappa shape index (κ2) is 7.10. The number of nitrogens with zero attached hydrogens (tertiary/aromatic N) is 1. The Kier molecular flexibility index (Phi) is 6.11. The molecule has 0 atom stereocenters. The molecule has 0 bridgehead atoms. The third-order valence-corrected chi connectivity index (χ3v) is 6.10. The van der Waals surface area contributed by atoms with Crippen LogP contribution < -0.4 is 0 Å². The maximum Gasteiger partial charge on any atom is 0.500 e. The van der Waals surface area contributed by atoms with Crippen LogP contribution in [0.25, 0.3) is 0 Å². The first kappa shape index (κ1) is 14.6. The summed E-state index contributed by atoms with van der Waals surface area (Å²) in [6.45, 7) is 1.67. The van der Waals surface area contributed by atoms with Crippen LogP contribution in [0.2, 0.25) is 6.04 Å². The number of rotatable bonds is 7. The Morgan fingerprint density at radius 3 is 2.35 bits per heavy atom. The van der Waals surface area contributed by atoms with Gasteiger partial charge in [-0.15, -0.1) is 0 Å². The van der Waals surface area contributed by atoms with Crippen molar-refractivity contribution in [2.45, 2.75) is 31.7 Å². The molecule has 0 aromatic rings. The number of hydrogen-bond donors (Lipinski definition) is 0. The van der Waals surface area contributed by atoms with Gasteiger partial charge in [-0.2, -0.15) is 0 Å². The first-order valence-corrected chi connectivity index (χ1v) is 8.04. The summed E-state index contributed by atoms with van der Waals surface area (Å²) < 4.78 is 16.0. The van der Waals surface area contributed by atoms with Gasteiger partial charge in [0, 0.05) is 46.9 Å². The van der Waals surface area contributed by atoms with E-state index >= 15 is 0 Å². The number of piperidine rings is 1. The third-order valence-electron chi connectivity index (χ3n) is 3.27. The molecule has 0 unspecified atom stereocenters. The Hall–Kier alpha value is -0.433. The summed E-state index contributed by atoms with van der Waals surface area (Å²) in [5.74, 6) is 0.274. The van der Waals surface area contributed by atoms with E-state index in [4.69, 9.17) is 13.3 Å². The summed E-state index contributed by atoms with van der Waals surface area (Å²) in [6, 6.07) is 0.750. The molecule has 5 nitrogen and oxygen atoms in total. The van der Waals surface area contributed by atoms with Crippen LogP contribution in [0.5, 0.6) is 0 Å². The van der Waals surface area contributed by atoms with Gasteiger partial charge in [-0.3, -0.25) is 4.79 Å². The predicted octanol–water partition coefficient (Wildman–Crippen LogP) is 1.27. The Bertz CT molecular complexity index is 237. The van der Waals surface area contributed by atoms with Crippen molar-refractivity contribution >= 4 is 14.7 Å². The highest BCUT2D eigenvalue weighted by Crippen LogP contribution is 2.17. The Labute approximate surface area is 104 Å². The minimum absolute atomic E-state index is 0.274. The Balaban J connectivity index is 2.32. The monoisotopic (exact) mass is 261 g/mol. The van der Waals surface area contributed by atoms with E-state index in [-0.39, 0.29) is 5.91 Å². The smallest absolute Gasteiger partial charge is 0.377 e. The van der Waals surface area contributed by atoms with Gasteiger partial charge < -0.3 is 18.2 Å². The SMILES string of the molecule is CO[Si](CCCN1CCCCC1=O)(OC)OC. The lowest BCUT2D eigenvalue weighted by Gasteiger charge is -2.29. The molecule has 0 radical (unpaired) electrons. The van der Waals surface area contributed by atoms with Gasteiger partial charge in [0.2, 0.25) is 5.91 Å². The first-order chi connectivity index (χ1) is 8.17. The quantitative estimate of drug-likeness (QED) is 0.648. The van der Waals surface area contributed by atoms with Gasteiger partial charge in [0.05, 0.1) is 0 Å². The van der Waals surface area contributed by atoms with E-state index in [1.165, 1.54) is 0 Å². The van der Waals surface area contributed by atoms with E-state index in [0.717, 1.165) is 38.4 Å². The van der Waals surface area contributed by atoms with Crippen LogP contribution in [0.15, 0.2) is 0 Å². The van der Waals surface area contributed by atoms with E-state index in [2.05, 4.69) is 0 Å². The standard InChI is InChI=1S/C11H23NO4Si/c1-14-17(15-2,16-3)10-6-9-12-8-5-4-7-11(12)13/h4-10H2,1-3H3. The van der Waals surface area contributed by atoms with Crippen molar-refractivity contribution in [1.82, 2.24) is 4.90 Å². The van der Waals surface area contributed by atoms with Gasteiger partial charge in [-0.25, -0.2) is 0 Å². The average Bonchev–Trinajstić information content (AvgIpc) is 2.37. The van der Waals surface area contributed by atoms with Crippen molar-refractivity contribution in [2.75, 3.05) is 34.4 Å². The molecule has 6 heteroatoms. The molecule has 1 fully saturated rings. The van der Waals surface area contributed by atoms with Crippen LogP contribution in [0.4, 0.5) is 0 Å². The maximum atomic E-state index is 11.6. The second-order valence-electron chi connectivity index (χ2n) is 4.24. The van der Waals surface area contributed by atoms with Crippen LogP contribution in [0, 0.1) is 0 Å². The normalized spacial score (nSPS) is 17.6. The first-order valence-electron chi connectivity index (χ1n) is 6.10. The number of carbonyl (C=O) groups is 1. The molecule has 0 saturated carbocycles. The van der Waals surface area contributed by atoms with Crippen molar-refractivity contribution in [1.29, 1.82) is 0 Å².